The lowest BCUT2D eigenvalue weighted by molar-refractivity contribution is 0.211. The third kappa shape index (κ3) is 5.21. The minimum atomic E-state index is -0.0281. The topological polar surface area (TPSA) is 41.5 Å². The summed E-state index contributed by atoms with van der Waals surface area (Å²) < 4.78 is 5.81. The van der Waals surface area contributed by atoms with Gasteiger partial charge in [0.1, 0.15) is 5.75 Å². The molecule has 3 heteroatoms. The van der Waals surface area contributed by atoms with Crippen LogP contribution in [0.15, 0.2) is 24.3 Å². The highest BCUT2D eigenvalue weighted by atomic mass is 16.5. The molecule has 108 valence electrons. The lowest BCUT2D eigenvalue weighted by Gasteiger charge is -2.29. The van der Waals surface area contributed by atoms with Crippen LogP contribution in [-0.4, -0.2) is 23.4 Å². The third-order valence-corrected chi connectivity index (χ3v) is 3.48. The van der Waals surface area contributed by atoms with Crippen LogP contribution in [0.4, 0.5) is 0 Å². The number of benzene rings is 1. The number of para-hydroxylation sites is 1. The predicted molar refractivity (Wildman–Crippen MR) is 79.4 cm³/mol. The summed E-state index contributed by atoms with van der Waals surface area (Å²) in [6, 6.07) is 8.11. The molecule has 0 amide bonds. The van der Waals surface area contributed by atoms with Gasteiger partial charge in [-0.15, -0.1) is 0 Å². The van der Waals surface area contributed by atoms with E-state index in [2.05, 4.69) is 25.2 Å². The summed E-state index contributed by atoms with van der Waals surface area (Å²) in [4.78, 5) is 0. The Morgan fingerprint density at radius 1 is 1.32 bits per heavy atom. The van der Waals surface area contributed by atoms with E-state index in [1.807, 2.05) is 32.0 Å². The van der Waals surface area contributed by atoms with Crippen LogP contribution in [0.25, 0.3) is 0 Å². The van der Waals surface area contributed by atoms with E-state index in [-0.39, 0.29) is 18.2 Å². The predicted octanol–water partition coefficient (Wildman–Crippen LogP) is 3.11. The lowest BCUT2D eigenvalue weighted by atomic mass is 9.94. The van der Waals surface area contributed by atoms with Crippen molar-refractivity contribution in [2.45, 2.75) is 58.7 Å². The second kappa shape index (κ2) is 7.51. The molecule has 0 bridgehead atoms. The summed E-state index contributed by atoms with van der Waals surface area (Å²) >= 11 is 0. The van der Waals surface area contributed by atoms with Crippen LogP contribution >= 0.6 is 0 Å². The first kappa shape index (κ1) is 16.0. The summed E-state index contributed by atoms with van der Waals surface area (Å²) in [6.07, 6.45) is 1.92. The van der Waals surface area contributed by atoms with E-state index in [1.54, 1.807) is 0 Å². The molecule has 1 aromatic carbocycles. The summed E-state index contributed by atoms with van der Waals surface area (Å²) in [5.74, 6) is 0.937. The molecule has 0 aliphatic rings. The van der Waals surface area contributed by atoms with E-state index in [0.29, 0.717) is 0 Å². The summed E-state index contributed by atoms with van der Waals surface area (Å²) in [7, 11) is 0. The number of hydrogen-bond donors (Lipinski definition) is 2. The monoisotopic (exact) mass is 265 g/mol. The van der Waals surface area contributed by atoms with E-state index in [1.165, 1.54) is 0 Å². The third-order valence-electron chi connectivity index (χ3n) is 3.48. The number of aliphatic hydroxyl groups is 1. The van der Waals surface area contributed by atoms with Crippen LogP contribution in [0.3, 0.4) is 0 Å². The van der Waals surface area contributed by atoms with Crippen LogP contribution < -0.4 is 10.1 Å². The van der Waals surface area contributed by atoms with Crippen molar-refractivity contribution in [1.82, 2.24) is 5.32 Å². The first-order valence-electron chi connectivity index (χ1n) is 7.11. The van der Waals surface area contributed by atoms with E-state index in [4.69, 9.17) is 9.84 Å². The van der Waals surface area contributed by atoms with E-state index >= 15 is 0 Å². The Bertz CT molecular complexity index is 379. The fraction of sp³-hybridized carbons (Fsp3) is 0.625. The van der Waals surface area contributed by atoms with Gasteiger partial charge in [-0.05, 0) is 39.7 Å². The largest absolute Gasteiger partial charge is 0.491 e. The molecule has 0 saturated heterocycles. The normalized spacial score (nSPS) is 14.4. The average Bonchev–Trinajstić information content (AvgIpc) is 2.37. The van der Waals surface area contributed by atoms with Crippen molar-refractivity contribution in [1.29, 1.82) is 0 Å². The molecule has 0 aliphatic heterocycles. The number of rotatable bonds is 8. The zero-order valence-corrected chi connectivity index (χ0v) is 12.6. The zero-order chi connectivity index (χ0) is 14.3. The number of hydrogen-bond acceptors (Lipinski definition) is 3. The van der Waals surface area contributed by atoms with Crippen molar-refractivity contribution >= 4 is 0 Å². The molecule has 0 heterocycles. The highest BCUT2D eigenvalue weighted by Crippen LogP contribution is 2.21. The highest BCUT2D eigenvalue weighted by molar-refractivity contribution is 5.33. The second-order valence-corrected chi connectivity index (χ2v) is 5.52. The van der Waals surface area contributed by atoms with Crippen LogP contribution in [-0.2, 0) is 6.54 Å². The molecular formula is C16H27NO2. The Labute approximate surface area is 117 Å². The molecule has 0 aromatic heterocycles. The molecule has 0 aliphatic carbocycles. The first-order chi connectivity index (χ1) is 9.00. The summed E-state index contributed by atoms with van der Waals surface area (Å²) in [6.45, 7) is 9.32. The lowest BCUT2D eigenvalue weighted by Crippen LogP contribution is -2.42. The van der Waals surface area contributed by atoms with Gasteiger partial charge in [0.05, 0.1) is 6.10 Å². The average molecular weight is 265 g/mol. The Kier molecular flexibility index (Phi) is 6.32. The van der Waals surface area contributed by atoms with Crippen molar-refractivity contribution in [2.24, 2.45) is 0 Å². The SMILES string of the molecule is CCC(C)(CCO)NCc1ccccc1OC(C)C. The van der Waals surface area contributed by atoms with Gasteiger partial charge < -0.3 is 15.2 Å². The minimum absolute atomic E-state index is 0.0281. The number of nitrogens with one attached hydrogen (secondary N) is 1. The Balaban J connectivity index is 2.71. The maximum Gasteiger partial charge on any atom is 0.124 e. The van der Waals surface area contributed by atoms with Gasteiger partial charge in [-0.1, -0.05) is 25.1 Å². The van der Waals surface area contributed by atoms with E-state index < -0.39 is 0 Å². The van der Waals surface area contributed by atoms with Gasteiger partial charge in [0.25, 0.3) is 0 Å². The molecule has 1 unspecified atom stereocenters. The smallest absolute Gasteiger partial charge is 0.124 e. The first-order valence-corrected chi connectivity index (χ1v) is 7.11. The van der Waals surface area contributed by atoms with Crippen molar-refractivity contribution < 1.29 is 9.84 Å². The molecule has 1 atom stereocenters. The second-order valence-electron chi connectivity index (χ2n) is 5.52. The molecule has 1 rings (SSSR count). The van der Waals surface area contributed by atoms with Gasteiger partial charge in [-0.2, -0.15) is 0 Å². The number of aliphatic hydroxyl groups excluding tert-OH is 1. The molecule has 0 saturated carbocycles. The van der Waals surface area contributed by atoms with E-state index in [0.717, 1.165) is 30.7 Å². The summed E-state index contributed by atoms with van der Waals surface area (Å²) in [5.41, 5.74) is 1.13. The fourth-order valence-corrected chi connectivity index (χ4v) is 1.96. The maximum atomic E-state index is 9.14. The quantitative estimate of drug-likeness (QED) is 0.759. The Morgan fingerprint density at radius 2 is 2.00 bits per heavy atom. The minimum Gasteiger partial charge on any atom is -0.491 e. The summed E-state index contributed by atoms with van der Waals surface area (Å²) in [5, 5.41) is 12.7. The van der Waals surface area contributed by atoms with Crippen molar-refractivity contribution in [2.75, 3.05) is 6.61 Å². The molecule has 1 aromatic rings. The van der Waals surface area contributed by atoms with Gasteiger partial charge in [-0.3, -0.25) is 0 Å². The van der Waals surface area contributed by atoms with Gasteiger partial charge in [0, 0.05) is 24.3 Å². The van der Waals surface area contributed by atoms with Gasteiger partial charge >= 0.3 is 0 Å². The zero-order valence-electron chi connectivity index (χ0n) is 12.6. The van der Waals surface area contributed by atoms with Crippen molar-refractivity contribution in [3.8, 4) is 5.75 Å². The van der Waals surface area contributed by atoms with Gasteiger partial charge in [0.15, 0.2) is 0 Å². The van der Waals surface area contributed by atoms with Gasteiger partial charge in [0.2, 0.25) is 0 Å². The van der Waals surface area contributed by atoms with Crippen molar-refractivity contribution in [3.05, 3.63) is 29.8 Å². The Morgan fingerprint density at radius 3 is 2.58 bits per heavy atom. The fourth-order valence-electron chi connectivity index (χ4n) is 1.96. The van der Waals surface area contributed by atoms with Crippen LogP contribution in [0.2, 0.25) is 0 Å². The standard InChI is InChI=1S/C16H27NO2/c1-5-16(4,10-11-18)17-12-14-8-6-7-9-15(14)19-13(2)3/h6-9,13,17-18H,5,10-12H2,1-4H3. The van der Waals surface area contributed by atoms with E-state index in [9.17, 15) is 0 Å². The van der Waals surface area contributed by atoms with Crippen molar-refractivity contribution in [3.63, 3.8) is 0 Å². The van der Waals surface area contributed by atoms with Crippen LogP contribution in [0.5, 0.6) is 5.75 Å². The maximum absolute atomic E-state index is 9.14. The van der Waals surface area contributed by atoms with Crippen LogP contribution in [0, 0.1) is 0 Å². The molecule has 0 spiro atoms. The van der Waals surface area contributed by atoms with Crippen LogP contribution in [0.1, 0.15) is 46.1 Å². The van der Waals surface area contributed by atoms with Gasteiger partial charge in [-0.25, -0.2) is 0 Å². The Hall–Kier alpha value is -1.06. The molecule has 0 radical (unpaired) electrons. The molecule has 0 fully saturated rings. The molecule has 3 nitrogen and oxygen atoms in total. The number of ether oxygens (including phenoxy) is 1. The molecule has 19 heavy (non-hydrogen) atoms. The highest BCUT2D eigenvalue weighted by Gasteiger charge is 2.20. The molecular weight excluding hydrogens is 238 g/mol. The molecule has 2 N–H and O–H groups in total.